The Labute approximate surface area is 105 Å². The summed E-state index contributed by atoms with van der Waals surface area (Å²) in [7, 11) is 0. The molecule has 0 aromatic carbocycles. The number of fused-ring (bicyclic) bond motifs is 1. The minimum absolute atomic E-state index is 0.284. The summed E-state index contributed by atoms with van der Waals surface area (Å²) in [5.41, 5.74) is 2.45. The summed E-state index contributed by atoms with van der Waals surface area (Å²) in [6.07, 6.45) is 3.31. The molecule has 3 rings (SSSR count). The highest BCUT2D eigenvalue weighted by molar-refractivity contribution is 5.79. The molecule has 0 radical (unpaired) electrons. The Morgan fingerprint density at radius 2 is 2.33 bits per heavy atom. The van der Waals surface area contributed by atoms with E-state index in [0.29, 0.717) is 18.4 Å². The second-order valence-electron chi connectivity index (χ2n) is 4.61. The van der Waals surface area contributed by atoms with Crippen LogP contribution in [-0.4, -0.2) is 46.5 Å². The van der Waals surface area contributed by atoms with Crippen molar-refractivity contribution in [3.8, 4) is 0 Å². The third-order valence-corrected chi connectivity index (χ3v) is 3.59. The molecule has 7 heteroatoms. The van der Waals surface area contributed by atoms with Crippen molar-refractivity contribution in [1.29, 1.82) is 0 Å². The van der Waals surface area contributed by atoms with E-state index in [1.807, 2.05) is 11.0 Å². The first-order valence-corrected chi connectivity index (χ1v) is 6.12. The van der Waals surface area contributed by atoms with Gasteiger partial charge in [0.15, 0.2) is 0 Å². The largest absolute Gasteiger partial charge is 0.353 e. The van der Waals surface area contributed by atoms with Crippen LogP contribution < -0.4 is 16.2 Å². The van der Waals surface area contributed by atoms with Gasteiger partial charge in [0, 0.05) is 38.3 Å². The zero-order chi connectivity index (χ0) is 12.5. The fourth-order valence-corrected chi connectivity index (χ4v) is 2.67. The first-order chi connectivity index (χ1) is 8.78. The zero-order valence-electron chi connectivity index (χ0n) is 10.0. The molecular weight excluding hydrogens is 232 g/mol. The van der Waals surface area contributed by atoms with Crippen LogP contribution in [0.4, 0.5) is 11.8 Å². The number of anilines is 2. The van der Waals surface area contributed by atoms with Crippen molar-refractivity contribution in [3.05, 3.63) is 12.3 Å². The topological polar surface area (TPSA) is 87.4 Å². The Balaban J connectivity index is 1.76. The summed E-state index contributed by atoms with van der Waals surface area (Å²) in [6, 6.07) is 2.20. The highest BCUT2D eigenvalue weighted by Crippen LogP contribution is 2.25. The monoisotopic (exact) mass is 248 g/mol. The van der Waals surface area contributed by atoms with Crippen molar-refractivity contribution in [2.45, 2.75) is 18.9 Å². The Hall–Kier alpha value is -1.89. The third kappa shape index (κ3) is 1.86. The Kier molecular flexibility index (Phi) is 2.75. The van der Waals surface area contributed by atoms with Crippen LogP contribution in [0, 0.1) is 0 Å². The van der Waals surface area contributed by atoms with Crippen LogP contribution in [0.3, 0.4) is 0 Å². The zero-order valence-corrected chi connectivity index (χ0v) is 10.0. The van der Waals surface area contributed by atoms with Crippen molar-refractivity contribution in [3.63, 3.8) is 0 Å². The molecule has 1 aromatic heterocycles. The summed E-state index contributed by atoms with van der Waals surface area (Å²) in [5, 5.41) is 0. The lowest BCUT2D eigenvalue weighted by molar-refractivity contribution is -0.129. The van der Waals surface area contributed by atoms with Crippen LogP contribution in [0.5, 0.6) is 0 Å². The Morgan fingerprint density at radius 1 is 1.44 bits per heavy atom. The molecule has 1 aromatic rings. The van der Waals surface area contributed by atoms with Gasteiger partial charge in [-0.2, -0.15) is 4.98 Å². The van der Waals surface area contributed by atoms with Gasteiger partial charge in [-0.3, -0.25) is 10.2 Å². The number of nitrogens with zero attached hydrogens (tertiary/aromatic N) is 4. The smallest absolute Gasteiger partial charge is 0.239 e. The molecule has 0 spiro atoms. The minimum Gasteiger partial charge on any atom is -0.353 e. The summed E-state index contributed by atoms with van der Waals surface area (Å²) in [4.78, 5) is 24.1. The first-order valence-electron chi connectivity index (χ1n) is 6.12. The number of nitrogens with two attached hydrogens (primary N) is 1. The second kappa shape index (κ2) is 4.41. The number of nitrogen functional groups attached to an aromatic ring is 1. The van der Waals surface area contributed by atoms with Crippen LogP contribution in [0.2, 0.25) is 0 Å². The molecule has 0 saturated carbocycles. The molecule has 3 heterocycles. The second-order valence-corrected chi connectivity index (χ2v) is 4.61. The number of carbonyl (C=O) groups is 1. The van der Waals surface area contributed by atoms with Gasteiger partial charge >= 0.3 is 0 Å². The third-order valence-electron chi connectivity index (χ3n) is 3.59. The lowest BCUT2D eigenvalue weighted by Gasteiger charge is -2.38. The maximum absolute atomic E-state index is 11.6. The van der Waals surface area contributed by atoms with Crippen LogP contribution in [0.25, 0.3) is 0 Å². The number of carbonyl (C=O) groups excluding carboxylic acids is 1. The number of aromatic nitrogens is 2. The number of piperazine rings is 1. The molecule has 0 aliphatic carbocycles. The van der Waals surface area contributed by atoms with Crippen LogP contribution >= 0.6 is 0 Å². The highest BCUT2D eigenvalue weighted by Gasteiger charge is 2.35. The molecule has 0 bridgehead atoms. The number of nitrogens with one attached hydrogen (secondary N) is 1. The standard InChI is InChI=1S/C11H16N6O/c12-15-11-13-4-3-9(14-11)16-5-6-17-8(7-16)1-2-10(17)18/h3-4,8H,1-2,5-7,12H2,(H,13,14,15). The molecule has 2 aliphatic rings. The van der Waals surface area contributed by atoms with E-state index in [1.165, 1.54) is 0 Å². The molecule has 18 heavy (non-hydrogen) atoms. The maximum Gasteiger partial charge on any atom is 0.239 e. The SMILES string of the molecule is NNc1nccc(N2CCN3C(=O)CCC3C2)n1. The fourth-order valence-electron chi connectivity index (χ4n) is 2.67. The molecule has 1 atom stereocenters. The average molecular weight is 248 g/mol. The summed E-state index contributed by atoms with van der Waals surface area (Å²) in [6.45, 7) is 2.43. The molecule has 7 nitrogen and oxygen atoms in total. The number of rotatable bonds is 2. The molecule has 96 valence electrons. The highest BCUT2D eigenvalue weighted by atomic mass is 16.2. The number of hydrazine groups is 1. The maximum atomic E-state index is 11.6. The van der Waals surface area contributed by atoms with Crippen molar-refractivity contribution in [1.82, 2.24) is 14.9 Å². The number of hydrogen-bond acceptors (Lipinski definition) is 6. The fraction of sp³-hybridized carbons (Fsp3) is 0.545. The number of amides is 1. The average Bonchev–Trinajstić information content (AvgIpc) is 2.80. The predicted octanol–water partition coefficient (Wildman–Crippen LogP) is -0.427. The van der Waals surface area contributed by atoms with Crippen molar-refractivity contribution in [2.24, 2.45) is 5.84 Å². The Morgan fingerprint density at radius 3 is 3.17 bits per heavy atom. The van der Waals surface area contributed by atoms with Gasteiger partial charge < -0.3 is 9.80 Å². The van der Waals surface area contributed by atoms with Gasteiger partial charge in [0.2, 0.25) is 11.9 Å². The molecule has 2 aliphatic heterocycles. The van der Waals surface area contributed by atoms with Crippen LogP contribution in [-0.2, 0) is 4.79 Å². The number of hydrogen-bond donors (Lipinski definition) is 2. The lowest BCUT2D eigenvalue weighted by atomic mass is 10.1. The van der Waals surface area contributed by atoms with Gasteiger partial charge in [0.1, 0.15) is 5.82 Å². The van der Waals surface area contributed by atoms with Gasteiger partial charge in [0.25, 0.3) is 0 Å². The van der Waals surface area contributed by atoms with E-state index in [1.54, 1.807) is 6.20 Å². The van der Waals surface area contributed by atoms with Crippen molar-refractivity contribution in [2.75, 3.05) is 30.0 Å². The van der Waals surface area contributed by atoms with Gasteiger partial charge in [-0.05, 0) is 12.5 Å². The van der Waals surface area contributed by atoms with Crippen LogP contribution in [0.15, 0.2) is 12.3 Å². The predicted molar refractivity (Wildman–Crippen MR) is 66.8 cm³/mol. The first kappa shape index (κ1) is 11.2. The van der Waals surface area contributed by atoms with E-state index < -0.39 is 0 Å². The van der Waals surface area contributed by atoms with E-state index >= 15 is 0 Å². The molecule has 3 N–H and O–H groups in total. The van der Waals surface area contributed by atoms with Crippen LogP contribution in [0.1, 0.15) is 12.8 Å². The molecule has 1 amide bonds. The molecular formula is C11H16N6O. The van der Waals surface area contributed by atoms with Crippen molar-refractivity contribution < 1.29 is 4.79 Å². The normalized spacial score (nSPS) is 23.2. The van der Waals surface area contributed by atoms with E-state index in [4.69, 9.17) is 5.84 Å². The lowest BCUT2D eigenvalue weighted by Crippen LogP contribution is -2.51. The summed E-state index contributed by atoms with van der Waals surface area (Å²) >= 11 is 0. The van der Waals surface area contributed by atoms with E-state index in [9.17, 15) is 4.79 Å². The van der Waals surface area contributed by atoms with E-state index in [-0.39, 0.29) is 5.91 Å². The van der Waals surface area contributed by atoms with Gasteiger partial charge in [-0.25, -0.2) is 10.8 Å². The summed E-state index contributed by atoms with van der Waals surface area (Å²) < 4.78 is 0. The Bertz CT molecular complexity index is 465. The molecule has 2 saturated heterocycles. The molecule has 1 unspecified atom stereocenters. The van der Waals surface area contributed by atoms with Crippen molar-refractivity contribution >= 4 is 17.7 Å². The molecule has 2 fully saturated rings. The quantitative estimate of drug-likeness (QED) is 0.545. The summed E-state index contributed by atoms with van der Waals surface area (Å²) in [5.74, 6) is 6.86. The van der Waals surface area contributed by atoms with E-state index in [2.05, 4.69) is 20.3 Å². The van der Waals surface area contributed by atoms with Gasteiger partial charge in [-0.15, -0.1) is 0 Å². The van der Waals surface area contributed by atoms with Gasteiger partial charge in [-0.1, -0.05) is 0 Å². The van der Waals surface area contributed by atoms with Gasteiger partial charge in [0.05, 0.1) is 0 Å². The van der Waals surface area contributed by atoms with E-state index in [0.717, 1.165) is 31.9 Å². The minimum atomic E-state index is 0.284.